The van der Waals surface area contributed by atoms with Crippen molar-refractivity contribution >= 4 is 55.6 Å². The predicted octanol–water partition coefficient (Wildman–Crippen LogP) is 19.6. The summed E-state index contributed by atoms with van der Waals surface area (Å²) in [5.41, 5.74) is 27.2. The van der Waals surface area contributed by atoms with Crippen LogP contribution < -0.4 is 14.7 Å². The summed E-state index contributed by atoms with van der Waals surface area (Å²) in [7, 11) is 0. The number of rotatable bonds is 6. The molecule has 1 unspecified atom stereocenters. The van der Waals surface area contributed by atoms with Crippen molar-refractivity contribution in [3.63, 3.8) is 0 Å². The van der Waals surface area contributed by atoms with Crippen molar-refractivity contribution < 1.29 is 0 Å². The minimum atomic E-state index is -0.338. The Kier molecular flexibility index (Phi) is 9.97. The van der Waals surface area contributed by atoms with Crippen LogP contribution in [0, 0.1) is 0 Å². The minimum absolute atomic E-state index is 0.0523. The molecule has 6 aliphatic carbocycles. The van der Waals surface area contributed by atoms with Gasteiger partial charge in [0.1, 0.15) is 0 Å². The molecule has 0 radical (unpaired) electrons. The quantitative estimate of drug-likeness (QED) is 0.164. The minimum Gasteiger partial charge on any atom is -0.317 e. The number of hydrogen-bond acceptors (Lipinski definition) is 3. The maximum Gasteiger partial charge on any atom is 0.0538 e. The fraction of sp³-hybridized carbons (Fsp3) is 0.270. The monoisotopic (exact) mass is 1000 g/mol. The molecule has 8 aliphatic rings. The molecule has 0 amide bonds. The van der Waals surface area contributed by atoms with Gasteiger partial charge in [0.25, 0.3) is 0 Å². The maximum atomic E-state index is 2.79. The Morgan fingerprint density at radius 3 is 1.81 bits per heavy atom. The fourth-order valence-electron chi connectivity index (χ4n) is 15.8. The maximum absolute atomic E-state index is 2.79. The third-order valence-corrected chi connectivity index (χ3v) is 19.8. The van der Waals surface area contributed by atoms with Gasteiger partial charge in [-0.05, 0) is 177 Å². The number of hydrogen-bond donors (Lipinski definition) is 0. The van der Waals surface area contributed by atoms with E-state index in [2.05, 4.69) is 252 Å². The van der Waals surface area contributed by atoms with Crippen LogP contribution in [0.4, 0.5) is 28.4 Å². The van der Waals surface area contributed by atoms with E-state index < -0.39 is 0 Å². The van der Waals surface area contributed by atoms with Gasteiger partial charge in [-0.3, -0.25) is 0 Å². The van der Waals surface area contributed by atoms with Gasteiger partial charge in [-0.2, -0.15) is 0 Å². The zero-order chi connectivity index (χ0) is 52.3. The first kappa shape index (κ1) is 46.7. The molecule has 7 aromatic carbocycles. The zero-order valence-corrected chi connectivity index (χ0v) is 46.2. The summed E-state index contributed by atoms with van der Waals surface area (Å²) in [5.74, 6) is 0.405. The molecule has 0 bridgehead atoms. The summed E-state index contributed by atoms with van der Waals surface area (Å²) < 4.78 is 0. The standard InChI is InChI=1S/C74H69N3/c1-71(2)60-25-15-13-23-56(60)58-36-33-52(41-63(58)71)75(50-31-29-46-19-9-11-21-48(46)39-50)54-35-38-69-65(43-54)74(7,8)67-45-55(44-66-70(67)77(69)68-28-18-17-27-62(68)73(66,5)6)76(51-32-30-47-20-10-12-22-49(47)40-51)53-34-37-59-57-24-14-16-26-61(57)72(3,4)64(59)42-53/h9-15,17,19-25,27,29-34,37,39-45,58H,16,18,26,28,35-36,38H2,1-8H3. The Labute approximate surface area is 456 Å². The van der Waals surface area contributed by atoms with E-state index in [9.17, 15) is 0 Å². The van der Waals surface area contributed by atoms with E-state index in [-0.39, 0.29) is 21.7 Å². The second-order valence-corrected chi connectivity index (χ2v) is 25.4. The summed E-state index contributed by atoms with van der Waals surface area (Å²) in [6.45, 7) is 19.8. The summed E-state index contributed by atoms with van der Waals surface area (Å²) in [6.07, 6.45) is 24.7. The first-order valence-corrected chi connectivity index (χ1v) is 28.7. The van der Waals surface area contributed by atoms with Crippen molar-refractivity contribution in [2.45, 2.75) is 128 Å². The van der Waals surface area contributed by atoms with Crippen LogP contribution in [0.25, 0.3) is 27.1 Å². The van der Waals surface area contributed by atoms with Gasteiger partial charge >= 0.3 is 0 Å². The molecule has 0 saturated heterocycles. The van der Waals surface area contributed by atoms with Crippen molar-refractivity contribution in [2.24, 2.45) is 0 Å². The highest BCUT2D eigenvalue weighted by Crippen LogP contribution is 2.62. The lowest BCUT2D eigenvalue weighted by Gasteiger charge is -2.53. The van der Waals surface area contributed by atoms with Crippen LogP contribution >= 0.6 is 0 Å². The molecule has 3 nitrogen and oxygen atoms in total. The SMILES string of the molecule is CC1(C)C2=C(C=CCC2)c2ccc(N(c3cc4c5c(c3)C(C)(C)C3=C(CCC(N(C6=CCC7C(=C6)C(C)(C)c6ccccc67)c6ccc7ccccc7c6)=C3)N5C3=C(C=CCC3)C4(C)C)c3ccc4ccccc4c3)cc21. The van der Waals surface area contributed by atoms with E-state index in [0.29, 0.717) is 5.92 Å². The molecule has 7 aromatic rings. The Hall–Kier alpha value is -7.62. The van der Waals surface area contributed by atoms with Crippen molar-refractivity contribution in [3.8, 4) is 0 Å². The molecule has 0 spiro atoms. The molecular formula is C74H69N3. The number of allylic oxidation sites excluding steroid dienone is 15. The number of nitrogens with zero attached hydrogens (tertiary/aromatic N) is 3. The summed E-state index contributed by atoms with van der Waals surface area (Å²) in [6, 6.07) is 53.7. The largest absolute Gasteiger partial charge is 0.317 e. The van der Waals surface area contributed by atoms with Crippen LogP contribution in [0.15, 0.2) is 227 Å². The van der Waals surface area contributed by atoms with E-state index in [1.807, 2.05) is 0 Å². The van der Waals surface area contributed by atoms with E-state index in [1.54, 1.807) is 5.57 Å². The summed E-state index contributed by atoms with van der Waals surface area (Å²) >= 11 is 0. The average Bonchev–Trinajstić information content (AvgIpc) is 4.03. The zero-order valence-electron chi connectivity index (χ0n) is 46.2. The van der Waals surface area contributed by atoms with Crippen LogP contribution in [0.2, 0.25) is 0 Å². The van der Waals surface area contributed by atoms with Gasteiger partial charge in [0.2, 0.25) is 0 Å². The van der Waals surface area contributed by atoms with Crippen LogP contribution in [0.1, 0.15) is 140 Å². The Balaban J connectivity index is 0.933. The molecule has 1 atom stereocenters. The smallest absolute Gasteiger partial charge is 0.0538 e. The number of benzene rings is 7. The highest BCUT2D eigenvalue weighted by molar-refractivity contribution is 5.94. The molecular weight excluding hydrogens is 931 g/mol. The molecule has 0 fully saturated rings. The molecule has 0 N–H and O–H groups in total. The highest BCUT2D eigenvalue weighted by Gasteiger charge is 2.49. The van der Waals surface area contributed by atoms with Crippen molar-refractivity contribution in [2.75, 3.05) is 14.7 Å². The van der Waals surface area contributed by atoms with E-state index in [4.69, 9.17) is 0 Å². The third kappa shape index (κ3) is 6.68. The van der Waals surface area contributed by atoms with Crippen molar-refractivity contribution in [3.05, 3.63) is 261 Å². The van der Waals surface area contributed by atoms with Crippen LogP contribution in [-0.2, 0) is 21.7 Å². The summed E-state index contributed by atoms with van der Waals surface area (Å²) in [4.78, 5) is 8.04. The van der Waals surface area contributed by atoms with Crippen molar-refractivity contribution in [1.82, 2.24) is 0 Å². The summed E-state index contributed by atoms with van der Waals surface area (Å²) in [5, 5.41) is 5.04. The average molecular weight is 1000 g/mol. The molecule has 0 aromatic heterocycles. The van der Waals surface area contributed by atoms with Gasteiger partial charge in [0.15, 0.2) is 0 Å². The number of fused-ring (bicyclic) bond motifs is 9. The molecule has 77 heavy (non-hydrogen) atoms. The molecule has 2 aliphatic heterocycles. The van der Waals surface area contributed by atoms with Gasteiger partial charge in [-0.15, -0.1) is 0 Å². The van der Waals surface area contributed by atoms with E-state index >= 15 is 0 Å². The van der Waals surface area contributed by atoms with Gasteiger partial charge in [-0.1, -0.05) is 188 Å². The normalized spacial score (nSPS) is 21.4. The van der Waals surface area contributed by atoms with Gasteiger partial charge < -0.3 is 14.7 Å². The molecule has 380 valence electrons. The molecule has 3 heteroatoms. The lowest BCUT2D eigenvalue weighted by Crippen LogP contribution is -2.44. The van der Waals surface area contributed by atoms with Gasteiger partial charge in [-0.25, -0.2) is 0 Å². The Morgan fingerprint density at radius 2 is 1.06 bits per heavy atom. The molecule has 2 heterocycles. The second-order valence-electron chi connectivity index (χ2n) is 25.4. The Morgan fingerprint density at radius 1 is 0.468 bits per heavy atom. The fourth-order valence-corrected chi connectivity index (χ4v) is 15.8. The first-order chi connectivity index (χ1) is 37.2. The predicted molar refractivity (Wildman–Crippen MR) is 325 cm³/mol. The molecule has 0 saturated carbocycles. The van der Waals surface area contributed by atoms with Crippen LogP contribution in [0.3, 0.4) is 0 Å². The van der Waals surface area contributed by atoms with E-state index in [1.165, 1.54) is 128 Å². The lowest BCUT2D eigenvalue weighted by atomic mass is 9.64. The topological polar surface area (TPSA) is 9.72 Å². The third-order valence-electron chi connectivity index (χ3n) is 19.8. The molecule has 15 rings (SSSR count). The van der Waals surface area contributed by atoms with Gasteiger partial charge in [0, 0.05) is 73.1 Å². The van der Waals surface area contributed by atoms with E-state index in [0.717, 1.165) is 44.9 Å². The van der Waals surface area contributed by atoms with Gasteiger partial charge in [0.05, 0.1) is 5.69 Å². The number of anilines is 5. The highest BCUT2D eigenvalue weighted by atomic mass is 15.2. The van der Waals surface area contributed by atoms with Crippen LogP contribution in [0.5, 0.6) is 0 Å². The lowest BCUT2D eigenvalue weighted by molar-refractivity contribution is 0.553. The first-order valence-electron chi connectivity index (χ1n) is 28.7. The van der Waals surface area contributed by atoms with Crippen LogP contribution in [-0.4, -0.2) is 0 Å². The van der Waals surface area contributed by atoms with Crippen molar-refractivity contribution in [1.29, 1.82) is 0 Å². The Bertz CT molecular complexity index is 4030. The second kappa shape index (κ2) is 16.4.